The Morgan fingerprint density at radius 2 is 2.26 bits per heavy atom. The molecule has 3 rings (SSSR count). The summed E-state index contributed by atoms with van der Waals surface area (Å²) in [5, 5.41) is 18.3. The van der Waals surface area contributed by atoms with E-state index in [1.807, 2.05) is 17.7 Å². The Hall–Kier alpha value is -2.09. The first-order valence-corrected chi connectivity index (χ1v) is 8.11. The summed E-state index contributed by atoms with van der Waals surface area (Å²) in [5.74, 6) is -0.265. The zero-order valence-corrected chi connectivity index (χ0v) is 14.1. The van der Waals surface area contributed by atoms with E-state index in [4.69, 9.17) is 11.6 Å². The summed E-state index contributed by atoms with van der Waals surface area (Å²) in [6.07, 6.45) is 4.44. The topological polar surface area (TPSA) is 77.5 Å². The molecular weight excluding hydrogens is 336 g/mol. The number of anilines is 2. The van der Waals surface area contributed by atoms with Crippen LogP contribution in [0.3, 0.4) is 0 Å². The summed E-state index contributed by atoms with van der Waals surface area (Å²) in [5.41, 5.74) is 2.43. The number of hydrogen-bond donors (Lipinski definition) is 3. The number of fused-ring (bicyclic) bond motifs is 1. The van der Waals surface area contributed by atoms with Gasteiger partial charge < -0.3 is 20.6 Å². The molecule has 2 aromatic heterocycles. The van der Waals surface area contributed by atoms with E-state index < -0.39 is 6.23 Å². The van der Waals surface area contributed by atoms with Crippen LogP contribution < -0.4 is 10.6 Å². The van der Waals surface area contributed by atoms with Gasteiger partial charge in [-0.05, 0) is 12.1 Å². The lowest BCUT2D eigenvalue weighted by molar-refractivity contribution is 0.0538. The predicted octanol–water partition coefficient (Wildman–Crippen LogP) is 2.81. The van der Waals surface area contributed by atoms with Crippen LogP contribution in [0.2, 0.25) is 5.15 Å². The second-order valence-corrected chi connectivity index (χ2v) is 6.34. The lowest BCUT2D eigenvalue weighted by Gasteiger charge is -2.26. The summed E-state index contributed by atoms with van der Waals surface area (Å²) in [4.78, 5) is 18.6. The molecule has 1 atom stereocenters. The van der Waals surface area contributed by atoms with Crippen molar-refractivity contribution in [3.63, 3.8) is 0 Å². The van der Waals surface area contributed by atoms with Gasteiger partial charge in [-0.1, -0.05) is 11.6 Å². The summed E-state index contributed by atoms with van der Waals surface area (Å²) in [6.45, 7) is 0. The number of thiophene rings is 1. The Bertz CT molecular complexity index is 790. The van der Waals surface area contributed by atoms with Crippen molar-refractivity contribution in [2.75, 3.05) is 19.4 Å². The van der Waals surface area contributed by atoms with E-state index in [1.54, 1.807) is 25.1 Å². The van der Waals surface area contributed by atoms with Gasteiger partial charge in [-0.3, -0.25) is 4.79 Å². The minimum absolute atomic E-state index is 0.265. The van der Waals surface area contributed by atoms with Gasteiger partial charge in [0.1, 0.15) is 5.15 Å². The molecule has 0 saturated carbocycles. The molecule has 0 bridgehead atoms. The molecule has 0 radical (unpaired) electrons. The zero-order valence-electron chi connectivity index (χ0n) is 12.5. The Labute approximate surface area is 142 Å². The van der Waals surface area contributed by atoms with E-state index in [9.17, 15) is 9.90 Å². The van der Waals surface area contributed by atoms with Crippen LogP contribution in [0.25, 0.3) is 6.08 Å². The monoisotopic (exact) mass is 350 g/mol. The Morgan fingerprint density at radius 1 is 1.48 bits per heavy atom. The number of rotatable bonds is 3. The summed E-state index contributed by atoms with van der Waals surface area (Å²) < 4.78 is 0. The minimum Gasteiger partial charge on any atom is -0.369 e. The van der Waals surface area contributed by atoms with Crippen molar-refractivity contribution < 1.29 is 9.90 Å². The molecule has 3 heterocycles. The highest BCUT2D eigenvalue weighted by Crippen LogP contribution is 2.39. The van der Waals surface area contributed by atoms with Gasteiger partial charge in [-0.2, -0.15) is 0 Å². The third-order valence-electron chi connectivity index (χ3n) is 3.58. The van der Waals surface area contributed by atoms with Gasteiger partial charge in [0.2, 0.25) is 0 Å². The number of hydrogen-bond acceptors (Lipinski definition) is 6. The fourth-order valence-electron chi connectivity index (χ4n) is 2.34. The lowest BCUT2D eigenvalue weighted by atomic mass is 10.1. The average Bonchev–Trinajstić information content (AvgIpc) is 2.94. The maximum absolute atomic E-state index is 12.0. The quantitative estimate of drug-likeness (QED) is 0.742. The van der Waals surface area contributed by atoms with Crippen LogP contribution in [0.5, 0.6) is 0 Å². The molecule has 0 spiro atoms. The molecule has 0 fully saturated rings. The minimum atomic E-state index is -0.746. The zero-order chi connectivity index (χ0) is 16.6. The van der Waals surface area contributed by atoms with Gasteiger partial charge in [0.25, 0.3) is 5.91 Å². The molecule has 1 aliphatic rings. The first-order valence-electron chi connectivity index (χ1n) is 6.85. The number of aromatic nitrogens is 1. The SMILES string of the molecule is CNC(=O)c1cnc(Cl)cc1Nc1csc2c1C(O)N(C)C=C2. The van der Waals surface area contributed by atoms with Gasteiger partial charge in [0.05, 0.1) is 16.9 Å². The van der Waals surface area contributed by atoms with Crippen molar-refractivity contribution in [2.45, 2.75) is 6.23 Å². The second kappa shape index (κ2) is 6.19. The van der Waals surface area contributed by atoms with Crippen LogP contribution in [-0.4, -0.2) is 35.0 Å². The molecule has 1 amide bonds. The Kier molecular flexibility index (Phi) is 4.25. The van der Waals surface area contributed by atoms with E-state index in [1.165, 1.54) is 17.5 Å². The van der Waals surface area contributed by atoms with Crippen molar-refractivity contribution in [3.05, 3.63) is 45.0 Å². The number of nitrogens with zero attached hydrogens (tertiary/aromatic N) is 2. The fourth-order valence-corrected chi connectivity index (χ4v) is 3.41. The highest BCUT2D eigenvalue weighted by atomic mass is 35.5. The number of halogens is 1. The smallest absolute Gasteiger partial charge is 0.254 e. The molecule has 0 aromatic carbocycles. The maximum Gasteiger partial charge on any atom is 0.254 e. The van der Waals surface area contributed by atoms with Crippen molar-refractivity contribution in [2.24, 2.45) is 0 Å². The van der Waals surface area contributed by atoms with Crippen molar-refractivity contribution in [1.82, 2.24) is 15.2 Å². The normalized spacial score (nSPS) is 16.2. The molecule has 0 saturated heterocycles. The van der Waals surface area contributed by atoms with E-state index in [2.05, 4.69) is 15.6 Å². The number of amides is 1. The highest BCUT2D eigenvalue weighted by Gasteiger charge is 2.24. The van der Waals surface area contributed by atoms with Gasteiger partial charge in [-0.25, -0.2) is 4.98 Å². The van der Waals surface area contributed by atoms with Crippen molar-refractivity contribution >= 4 is 46.3 Å². The molecule has 1 aliphatic heterocycles. The van der Waals surface area contributed by atoms with E-state index in [-0.39, 0.29) is 11.1 Å². The van der Waals surface area contributed by atoms with E-state index in [0.29, 0.717) is 11.3 Å². The number of carbonyl (C=O) groups excluding carboxylic acids is 1. The van der Waals surface area contributed by atoms with E-state index >= 15 is 0 Å². The molecule has 3 N–H and O–H groups in total. The van der Waals surface area contributed by atoms with Crippen LogP contribution >= 0.6 is 22.9 Å². The first-order chi connectivity index (χ1) is 11.0. The van der Waals surface area contributed by atoms with E-state index in [0.717, 1.165) is 16.1 Å². The second-order valence-electron chi connectivity index (χ2n) is 5.04. The molecular formula is C15H15ClN4O2S. The largest absolute Gasteiger partial charge is 0.369 e. The van der Waals surface area contributed by atoms with Gasteiger partial charge >= 0.3 is 0 Å². The first kappa shape index (κ1) is 15.8. The summed E-state index contributed by atoms with van der Waals surface area (Å²) >= 11 is 7.47. The van der Waals surface area contributed by atoms with Gasteiger partial charge in [-0.15, -0.1) is 11.3 Å². The third-order valence-corrected chi connectivity index (χ3v) is 4.75. The van der Waals surface area contributed by atoms with Crippen LogP contribution in [0.1, 0.15) is 27.0 Å². The third kappa shape index (κ3) is 2.90. The van der Waals surface area contributed by atoms with Crippen LogP contribution in [-0.2, 0) is 0 Å². The van der Waals surface area contributed by atoms with Crippen molar-refractivity contribution in [1.29, 1.82) is 0 Å². The summed E-state index contributed by atoms with van der Waals surface area (Å²) in [6, 6.07) is 1.59. The predicted molar refractivity (Wildman–Crippen MR) is 92.0 cm³/mol. The summed E-state index contributed by atoms with van der Waals surface area (Å²) in [7, 11) is 3.35. The molecule has 1 unspecified atom stereocenters. The number of aliphatic hydroxyl groups is 1. The van der Waals surface area contributed by atoms with Gasteiger partial charge in [0, 0.05) is 42.3 Å². The van der Waals surface area contributed by atoms with Crippen LogP contribution in [0, 0.1) is 0 Å². The standard InChI is InChI=1S/C15H15ClN4O2S/c1-17-14(21)8-6-18-12(16)5-9(8)19-10-7-23-11-3-4-20(2)15(22)13(10)11/h3-7,15,22H,1-2H3,(H,17,21)(H,18,19). The van der Waals surface area contributed by atoms with Gasteiger partial charge in [0.15, 0.2) is 6.23 Å². The van der Waals surface area contributed by atoms with Crippen LogP contribution in [0.4, 0.5) is 11.4 Å². The number of carbonyl (C=O) groups is 1. The number of pyridine rings is 1. The Balaban J connectivity index is 2.01. The molecule has 0 aliphatic carbocycles. The van der Waals surface area contributed by atoms with Crippen LogP contribution in [0.15, 0.2) is 23.8 Å². The fraction of sp³-hybridized carbons (Fsp3) is 0.200. The Morgan fingerprint density at radius 3 is 3.00 bits per heavy atom. The average molecular weight is 351 g/mol. The molecule has 6 nitrogen and oxygen atoms in total. The number of nitrogens with one attached hydrogen (secondary N) is 2. The maximum atomic E-state index is 12.0. The van der Waals surface area contributed by atoms with Crippen molar-refractivity contribution in [3.8, 4) is 0 Å². The number of aliphatic hydroxyl groups excluding tert-OH is 1. The molecule has 23 heavy (non-hydrogen) atoms. The molecule has 8 heteroatoms. The molecule has 120 valence electrons. The lowest BCUT2D eigenvalue weighted by Crippen LogP contribution is -2.22. The molecule has 2 aromatic rings. The highest BCUT2D eigenvalue weighted by molar-refractivity contribution is 7.11.